The van der Waals surface area contributed by atoms with Crippen LogP contribution in [0.2, 0.25) is 0 Å². The second kappa shape index (κ2) is 7.35. The van der Waals surface area contributed by atoms with Gasteiger partial charge in [0.15, 0.2) is 5.78 Å². The van der Waals surface area contributed by atoms with E-state index in [1.54, 1.807) is 24.3 Å². The number of Topliss-reactive ketones (excluding diaryl/α,β-unsaturated/α-hetero) is 1. The predicted molar refractivity (Wildman–Crippen MR) is 81.6 cm³/mol. The van der Waals surface area contributed by atoms with Crippen molar-refractivity contribution in [3.05, 3.63) is 57.8 Å². The fourth-order valence-electron chi connectivity index (χ4n) is 1.98. The summed E-state index contributed by atoms with van der Waals surface area (Å²) in [5.41, 5.74) is 0.368. The number of aryl methyl sites for hydroxylation is 1. The number of hydrogen-bond acceptors (Lipinski definition) is 5. The van der Waals surface area contributed by atoms with Crippen LogP contribution in [0.15, 0.2) is 35.3 Å². The first-order valence-electron chi connectivity index (χ1n) is 6.99. The zero-order chi connectivity index (χ0) is 16.8. The van der Waals surface area contributed by atoms with E-state index in [0.29, 0.717) is 22.7 Å². The molecule has 0 aliphatic heterocycles. The summed E-state index contributed by atoms with van der Waals surface area (Å²) in [6.07, 6.45) is 1.33. The highest BCUT2D eigenvalue weighted by atomic mass is 16.5. The zero-order valence-electron chi connectivity index (χ0n) is 12.5. The lowest BCUT2D eigenvalue weighted by Gasteiger charge is -2.09. The van der Waals surface area contributed by atoms with Gasteiger partial charge in [-0.3, -0.25) is 14.4 Å². The Morgan fingerprint density at radius 3 is 2.70 bits per heavy atom. The lowest BCUT2D eigenvalue weighted by atomic mass is 10.1. The van der Waals surface area contributed by atoms with Gasteiger partial charge < -0.3 is 14.8 Å². The summed E-state index contributed by atoms with van der Waals surface area (Å²) in [7, 11) is 0. The standard InChI is InChI=1S/C16H16N2O5/c1-10(19)12-4-2-3-5-13(12)23-9-14-17-8-11(16(22)18-14)6-7-15(20)21/h2-5,8H,6-7,9H2,1H3,(H,20,21)(H,17,18,22). The molecule has 0 saturated heterocycles. The Bertz CT molecular complexity index is 782. The molecule has 0 radical (unpaired) electrons. The second-order valence-electron chi connectivity index (χ2n) is 4.92. The van der Waals surface area contributed by atoms with Crippen LogP contribution >= 0.6 is 0 Å². The first-order valence-corrected chi connectivity index (χ1v) is 6.99. The van der Waals surface area contributed by atoms with Crippen LogP contribution in [-0.2, 0) is 17.8 Å². The van der Waals surface area contributed by atoms with E-state index in [9.17, 15) is 14.4 Å². The molecule has 0 aliphatic carbocycles. The minimum absolute atomic E-state index is 0.00125. The third-order valence-corrected chi connectivity index (χ3v) is 3.16. The Balaban J connectivity index is 2.07. The van der Waals surface area contributed by atoms with Crippen LogP contribution in [0.1, 0.15) is 35.1 Å². The van der Waals surface area contributed by atoms with E-state index in [2.05, 4.69) is 9.97 Å². The zero-order valence-corrected chi connectivity index (χ0v) is 12.5. The number of aromatic amines is 1. The highest BCUT2D eigenvalue weighted by Gasteiger charge is 2.09. The molecule has 2 N–H and O–H groups in total. The van der Waals surface area contributed by atoms with Crippen LogP contribution in [-0.4, -0.2) is 26.8 Å². The molecule has 0 saturated carbocycles. The molecule has 0 atom stereocenters. The Morgan fingerprint density at radius 2 is 2.04 bits per heavy atom. The number of carboxylic acid groups (broad SMARTS) is 1. The molecule has 1 aromatic carbocycles. The normalized spacial score (nSPS) is 10.3. The molecule has 0 unspecified atom stereocenters. The van der Waals surface area contributed by atoms with Crippen LogP contribution in [0.3, 0.4) is 0 Å². The van der Waals surface area contributed by atoms with Gasteiger partial charge in [0.25, 0.3) is 5.56 Å². The van der Waals surface area contributed by atoms with Gasteiger partial charge in [0.2, 0.25) is 0 Å². The van der Waals surface area contributed by atoms with Gasteiger partial charge in [-0.05, 0) is 25.5 Å². The Morgan fingerprint density at radius 1 is 1.30 bits per heavy atom. The van der Waals surface area contributed by atoms with Gasteiger partial charge >= 0.3 is 5.97 Å². The Labute approximate surface area is 132 Å². The number of carboxylic acids is 1. The van der Waals surface area contributed by atoms with Crippen molar-refractivity contribution in [2.24, 2.45) is 0 Å². The van der Waals surface area contributed by atoms with Gasteiger partial charge in [-0.25, -0.2) is 4.98 Å². The van der Waals surface area contributed by atoms with Crippen LogP contribution in [0, 0.1) is 0 Å². The van der Waals surface area contributed by atoms with E-state index in [1.807, 2.05) is 0 Å². The van der Waals surface area contributed by atoms with Crippen molar-refractivity contribution in [3.8, 4) is 5.75 Å². The Kier molecular flexibility index (Phi) is 5.24. The molecule has 1 aromatic heterocycles. The van der Waals surface area contributed by atoms with Crippen molar-refractivity contribution in [2.45, 2.75) is 26.4 Å². The summed E-state index contributed by atoms with van der Waals surface area (Å²) in [6, 6.07) is 6.80. The average Bonchev–Trinajstić information content (AvgIpc) is 2.52. The number of aliphatic carboxylic acids is 1. The molecule has 1 heterocycles. The van der Waals surface area contributed by atoms with Gasteiger partial charge in [-0.2, -0.15) is 0 Å². The summed E-state index contributed by atoms with van der Waals surface area (Å²) < 4.78 is 5.53. The quantitative estimate of drug-likeness (QED) is 0.750. The SMILES string of the molecule is CC(=O)c1ccccc1OCc1ncc(CCC(=O)O)c(=O)[nH]1. The van der Waals surface area contributed by atoms with Gasteiger partial charge in [-0.15, -0.1) is 0 Å². The van der Waals surface area contributed by atoms with Crippen molar-refractivity contribution in [3.63, 3.8) is 0 Å². The molecule has 2 aromatic rings. The number of para-hydroxylation sites is 1. The monoisotopic (exact) mass is 316 g/mol. The third kappa shape index (κ3) is 4.50. The number of carbonyl (C=O) groups excluding carboxylic acids is 1. The van der Waals surface area contributed by atoms with Crippen molar-refractivity contribution in [1.82, 2.24) is 9.97 Å². The molecule has 0 bridgehead atoms. The highest BCUT2D eigenvalue weighted by Crippen LogP contribution is 2.19. The van der Waals surface area contributed by atoms with E-state index in [0.717, 1.165) is 0 Å². The molecule has 7 heteroatoms. The summed E-state index contributed by atoms with van der Waals surface area (Å²) in [4.78, 5) is 40.5. The smallest absolute Gasteiger partial charge is 0.303 e. The topological polar surface area (TPSA) is 109 Å². The van der Waals surface area contributed by atoms with E-state index >= 15 is 0 Å². The lowest BCUT2D eigenvalue weighted by molar-refractivity contribution is -0.136. The summed E-state index contributed by atoms with van der Waals surface area (Å²) in [5.74, 6) is -0.381. The number of nitrogens with zero attached hydrogens (tertiary/aromatic N) is 1. The Hall–Kier alpha value is -2.96. The number of H-pyrrole nitrogens is 1. The van der Waals surface area contributed by atoms with E-state index in [4.69, 9.17) is 9.84 Å². The number of ether oxygens (including phenoxy) is 1. The van der Waals surface area contributed by atoms with Crippen molar-refractivity contribution in [1.29, 1.82) is 0 Å². The summed E-state index contributed by atoms with van der Waals surface area (Å²) >= 11 is 0. The van der Waals surface area contributed by atoms with Crippen molar-refractivity contribution >= 4 is 11.8 Å². The highest BCUT2D eigenvalue weighted by molar-refractivity contribution is 5.96. The molecule has 0 fully saturated rings. The average molecular weight is 316 g/mol. The predicted octanol–water partition coefficient (Wildman–Crippen LogP) is 1.57. The van der Waals surface area contributed by atoms with E-state index in [-0.39, 0.29) is 30.8 Å². The fourth-order valence-corrected chi connectivity index (χ4v) is 1.98. The second-order valence-corrected chi connectivity index (χ2v) is 4.92. The minimum atomic E-state index is -0.974. The first-order chi connectivity index (χ1) is 11.0. The number of nitrogens with one attached hydrogen (secondary N) is 1. The number of carbonyl (C=O) groups is 2. The molecule has 120 valence electrons. The maximum absolute atomic E-state index is 11.8. The number of aromatic nitrogens is 2. The van der Waals surface area contributed by atoms with Crippen LogP contribution in [0.5, 0.6) is 5.75 Å². The maximum Gasteiger partial charge on any atom is 0.303 e. The molecule has 23 heavy (non-hydrogen) atoms. The van der Waals surface area contributed by atoms with Crippen LogP contribution < -0.4 is 10.3 Å². The fraction of sp³-hybridized carbons (Fsp3) is 0.250. The van der Waals surface area contributed by atoms with Gasteiger partial charge in [0, 0.05) is 18.2 Å². The number of ketones is 1. The molecular formula is C16H16N2O5. The molecule has 0 aliphatic rings. The molecule has 2 rings (SSSR count). The van der Waals surface area contributed by atoms with Gasteiger partial charge in [0.1, 0.15) is 18.2 Å². The minimum Gasteiger partial charge on any atom is -0.485 e. The van der Waals surface area contributed by atoms with E-state index in [1.165, 1.54) is 13.1 Å². The van der Waals surface area contributed by atoms with Crippen LogP contribution in [0.25, 0.3) is 0 Å². The van der Waals surface area contributed by atoms with Gasteiger partial charge in [0.05, 0.1) is 5.56 Å². The number of hydrogen-bond donors (Lipinski definition) is 2. The van der Waals surface area contributed by atoms with Gasteiger partial charge in [-0.1, -0.05) is 12.1 Å². The maximum atomic E-state index is 11.8. The first kappa shape index (κ1) is 16.4. The number of rotatable bonds is 7. The molecule has 0 spiro atoms. The summed E-state index contributed by atoms with van der Waals surface area (Å²) in [6.45, 7) is 1.44. The third-order valence-electron chi connectivity index (χ3n) is 3.16. The molecule has 0 amide bonds. The van der Waals surface area contributed by atoms with E-state index < -0.39 is 5.97 Å². The summed E-state index contributed by atoms with van der Waals surface area (Å²) in [5, 5.41) is 8.62. The number of benzene rings is 1. The van der Waals surface area contributed by atoms with Crippen molar-refractivity contribution < 1.29 is 19.4 Å². The molecule has 7 nitrogen and oxygen atoms in total. The lowest BCUT2D eigenvalue weighted by Crippen LogP contribution is -2.18. The largest absolute Gasteiger partial charge is 0.485 e. The van der Waals surface area contributed by atoms with Crippen molar-refractivity contribution in [2.75, 3.05) is 0 Å². The van der Waals surface area contributed by atoms with Crippen LogP contribution in [0.4, 0.5) is 0 Å². The molecular weight excluding hydrogens is 300 g/mol.